The molecule has 17 heavy (non-hydrogen) atoms. The second-order valence-electron chi connectivity index (χ2n) is 3.34. The number of carboxylic acid groups (broad SMARTS) is 1. The number of hydrogen-bond donors (Lipinski definition) is 1. The summed E-state index contributed by atoms with van der Waals surface area (Å²) in [6.07, 6.45) is 0.580. The van der Waals surface area contributed by atoms with Gasteiger partial charge in [0.25, 0.3) is 0 Å². The SMILES string of the molecule is COc1ccc(C)cc1S(=O)(=O)/C=C/C(=O)O. The highest BCUT2D eigenvalue weighted by Gasteiger charge is 2.17. The van der Waals surface area contributed by atoms with Crippen LogP contribution in [0.4, 0.5) is 0 Å². The molecule has 0 spiro atoms. The molecular formula is C11H12O5S. The summed E-state index contributed by atoms with van der Waals surface area (Å²) in [5, 5.41) is 9.07. The van der Waals surface area contributed by atoms with Crippen LogP contribution >= 0.6 is 0 Å². The molecule has 0 fully saturated rings. The van der Waals surface area contributed by atoms with Gasteiger partial charge in [-0.05, 0) is 24.6 Å². The first-order valence-corrected chi connectivity index (χ1v) is 6.22. The Morgan fingerprint density at radius 3 is 2.59 bits per heavy atom. The molecule has 1 rings (SSSR count). The largest absolute Gasteiger partial charge is 0.495 e. The smallest absolute Gasteiger partial charge is 0.329 e. The maximum absolute atomic E-state index is 11.8. The van der Waals surface area contributed by atoms with E-state index >= 15 is 0 Å². The summed E-state index contributed by atoms with van der Waals surface area (Å²) in [5.41, 5.74) is 0.744. The number of aryl methyl sites for hydroxylation is 1. The molecule has 92 valence electrons. The Morgan fingerprint density at radius 1 is 1.41 bits per heavy atom. The normalized spacial score (nSPS) is 11.6. The average Bonchev–Trinajstić information content (AvgIpc) is 2.26. The van der Waals surface area contributed by atoms with Crippen LogP contribution in [-0.2, 0) is 14.6 Å². The lowest BCUT2D eigenvalue weighted by Crippen LogP contribution is -2.01. The van der Waals surface area contributed by atoms with Gasteiger partial charge < -0.3 is 9.84 Å². The van der Waals surface area contributed by atoms with Crippen LogP contribution in [0.15, 0.2) is 34.6 Å². The van der Waals surface area contributed by atoms with Crippen molar-refractivity contribution >= 4 is 15.8 Å². The van der Waals surface area contributed by atoms with Gasteiger partial charge in [-0.3, -0.25) is 0 Å². The molecule has 0 amide bonds. The number of rotatable bonds is 4. The summed E-state index contributed by atoms with van der Waals surface area (Å²) in [6, 6.07) is 4.66. The summed E-state index contributed by atoms with van der Waals surface area (Å²) in [7, 11) is -2.46. The van der Waals surface area contributed by atoms with Gasteiger partial charge in [0.1, 0.15) is 10.6 Å². The van der Waals surface area contributed by atoms with Crippen LogP contribution in [0.3, 0.4) is 0 Å². The van der Waals surface area contributed by atoms with E-state index in [1.54, 1.807) is 13.0 Å². The number of ether oxygens (including phenoxy) is 1. The third-order valence-electron chi connectivity index (χ3n) is 2.02. The molecular weight excluding hydrogens is 244 g/mol. The van der Waals surface area contributed by atoms with Crippen molar-refractivity contribution < 1.29 is 23.1 Å². The van der Waals surface area contributed by atoms with Crippen LogP contribution in [0.1, 0.15) is 5.56 Å². The number of hydrogen-bond acceptors (Lipinski definition) is 4. The second kappa shape index (κ2) is 5.01. The monoisotopic (exact) mass is 256 g/mol. The molecule has 0 unspecified atom stereocenters. The first-order valence-electron chi connectivity index (χ1n) is 4.67. The van der Waals surface area contributed by atoms with E-state index in [2.05, 4.69) is 0 Å². The zero-order chi connectivity index (χ0) is 13.1. The van der Waals surface area contributed by atoms with E-state index < -0.39 is 15.8 Å². The Labute approximate surface area is 99.3 Å². The van der Waals surface area contributed by atoms with Crippen LogP contribution in [-0.4, -0.2) is 26.6 Å². The molecule has 1 aromatic carbocycles. The van der Waals surface area contributed by atoms with E-state index in [-0.39, 0.29) is 10.6 Å². The molecule has 0 atom stereocenters. The number of benzene rings is 1. The van der Waals surface area contributed by atoms with Crippen LogP contribution in [0.25, 0.3) is 0 Å². The fourth-order valence-corrected chi connectivity index (χ4v) is 2.45. The molecule has 1 aromatic rings. The molecule has 0 aliphatic rings. The van der Waals surface area contributed by atoms with Crippen molar-refractivity contribution in [2.75, 3.05) is 7.11 Å². The van der Waals surface area contributed by atoms with Crippen molar-refractivity contribution in [1.29, 1.82) is 0 Å². The van der Waals surface area contributed by atoms with E-state index in [0.29, 0.717) is 11.5 Å². The highest BCUT2D eigenvalue weighted by Crippen LogP contribution is 2.26. The summed E-state index contributed by atoms with van der Waals surface area (Å²) in [5.74, 6) is -1.13. The minimum Gasteiger partial charge on any atom is -0.495 e. The van der Waals surface area contributed by atoms with Gasteiger partial charge in [-0.2, -0.15) is 0 Å². The summed E-state index contributed by atoms with van der Waals surface area (Å²) in [4.78, 5) is 10.3. The Bertz CT molecular complexity index is 557. The third kappa shape index (κ3) is 3.32. The highest BCUT2D eigenvalue weighted by molar-refractivity contribution is 7.94. The van der Waals surface area contributed by atoms with Gasteiger partial charge in [0.2, 0.25) is 9.84 Å². The third-order valence-corrected chi connectivity index (χ3v) is 3.44. The van der Waals surface area contributed by atoms with Gasteiger partial charge in [0, 0.05) is 11.5 Å². The Kier molecular flexibility index (Phi) is 3.90. The van der Waals surface area contributed by atoms with E-state index in [1.165, 1.54) is 19.2 Å². The van der Waals surface area contributed by atoms with Crippen molar-refractivity contribution in [2.24, 2.45) is 0 Å². The fourth-order valence-electron chi connectivity index (χ4n) is 1.23. The molecule has 1 N–H and O–H groups in total. The van der Waals surface area contributed by atoms with Gasteiger partial charge in [0.05, 0.1) is 7.11 Å². The minimum atomic E-state index is -3.81. The lowest BCUT2D eigenvalue weighted by molar-refractivity contribution is -0.131. The molecule has 5 nitrogen and oxygen atoms in total. The van der Waals surface area contributed by atoms with E-state index in [0.717, 1.165) is 5.56 Å². The summed E-state index contributed by atoms with van der Waals surface area (Å²) < 4.78 is 28.6. The maximum Gasteiger partial charge on any atom is 0.329 e. The van der Waals surface area contributed by atoms with Crippen LogP contribution < -0.4 is 4.74 Å². The van der Waals surface area contributed by atoms with Crippen molar-refractivity contribution in [3.8, 4) is 5.75 Å². The van der Waals surface area contributed by atoms with Gasteiger partial charge in [-0.25, -0.2) is 13.2 Å². The molecule has 0 aliphatic carbocycles. The highest BCUT2D eigenvalue weighted by atomic mass is 32.2. The maximum atomic E-state index is 11.8. The zero-order valence-electron chi connectivity index (χ0n) is 9.38. The lowest BCUT2D eigenvalue weighted by Gasteiger charge is -2.07. The Hall–Kier alpha value is -1.82. The van der Waals surface area contributed by atoms with Gasteiger partial charge in [0.15, 0.2) is 0 Å². The molecule has 0 bridgehead atoms. The molecule has 0 saturated carbocycles. The van der Waals surface area contributed by atoms with Crippen molar-refractivity contribution in [3.63, 3.8) is 0 Å². The fraction of sp³-hybridized carbons (Fsp3) is 0.182. The summed E-state index contributed by atoms with van der Waals surface area (Å²) in [6.45, 7) is 1.74. The topological polar surface area (TPSA) is 80.7 Å². The van der Waals surface area contributed by atoms with Crippen molar-refractivity contribution in [1.82, 2.24) is 0 Å². The van der Waals surface area contributed by atoms with Crippen LogP contribution in [0.2, 0.25) is 0 Å². The standard InChI is InChI=1S/C11H12O5S/c1-8-3-4-9(16-2)10(7-8)17(14,15)6-5-11(12)13/h3-7H,1-2H3,(H,12,13)/b6-5+. The number of aliphatic carboxylic acids is 1. The molecule has 6 heteroatoms. The number of methoxy groups -OCH3 is 1. The number of carboxylic acids is 1. The first-order chi connectivity index (χ1) is 7.86. The van der Waals surface area contributed by atoms with Crippen molar-refractivity contribution in [2.45, 2.75) is 11.8 Å². The van der Waals surface area contributed by atoms with E-state index in [1.807, 2.05) is 0 Å². The molecule has 0 aliphatic heterocycles. The van der Waals surface area contributed by atoms with Crippen molar-refractivity contribution in [3.05, 3.63) is 35.2 Å². The van der Waals surface area contributed by atoms with Gasteiger partial charge in [-0.1, -0.05) is 6.07 Å². The van der Waals surface area contributed by atoms with Gasteiger partial charge >= 0.3 is 5.97 Å². The zero-order valence-corrected chi connectivity index (χ0v) is 10.2. The van der Waals surface area contributed by atoms with E-state index in [9.17, 15) is 13.2 Å². The van der Waals surface area contributed by atoms with E-state index in [4.69, 9.17) is 9.84 Å². The predicted molar refractivity (Wildman–Crippen MR) is 61.7 cm³/mol. The minimum absolute atomic E-state index is 0.0440. The summed E-state index contributed by atoms with van der Waals surface area (Å²) >= 11 is 0. The number of carbonyl (C=O) groups is 1. The second-order valence-corrected chi connectivity index (χ2v) is 5.14. The molecule has 0 saturated heterocycles. The molecule has 0 radical (unpaired) electrons. The number of sulfone groups is 1. The molecule has 0 aromatic heterocycles. The Balaban J connectivity index is 3.32. The average molecular weight is 256 g/mol. The van der Waals surface area contributed by atoms with Crippen LogP contribution in [0.5, 0.6) is 5.75 Å². The first kappa shape index (κ1) is 13.2. The predicted octanol–water partition coefficient (Wildman–Crippen LogP) is 1.38. The Morgan fingerprint density at radius 2 is 2.06 bits per heavy atom. The quantitative estimate of drug-likeness (QED) is 0.823. The molecule has 0 heterocycles. The van der Waals surface area contributed by atoms with Gasteiger partial charge in [-0.15, -0.1) is 0 Å². The lowest BCUT2D eigenvalue weighted by atomic mass is 10.2. The van der Waals surface area contributed by atoms with Crippen LogP contribution in [0, 0.1) is 6.92 Å².